The van der Waals surface area contributed by atoms with Gasteiger partial charge >= 0.3 is 0 Å². The van der Waals surface area contributed by atoms with E-state index in [1.807, 2.05) is 0 Å². The fourth-order valence-electron chi connectivity index (χ4n) is 1.70. The highest BCUT2D eigenvalue weighted by molar-refractivity contribution is 6.07. The van der Waals surface area contributed by atoms with Crippen LogP contribution in [0.4, 0.5) is 10.1 Å². The van der Waals surface area contributed by atoms with Gasteiger partial charge in [-0.15, -0.1) is 0 Å². The van der Waals surface area contributed by atoms with Gasteiger partial charge in [-0.3, -0.25) is 14.9 Å². The molecule has 0 saturated carbocycles. The van der Waals surface area contributed by atoms with Crippen molar-refractivity contribution in [2.24, 2.45) is 0 Å². The molecule has 2 aromatic rings. The molecule has 6 heteroatoms. The van der Waals surface area contributed by atoms with E-state index in [0.29, 0.717) is 5.56 Å². The Balaban J connectivity index is 2.26. The topological polar surface area (TPSA) is 83.3 Å². The van der Waals surface area contributed by atoms with Crippen LogP contribution in [0.3, 0.4) is 0 Å². The van der Waals surface area contributed by atoms with Crippen LogP contribution in [-0.2, 0) is 0 Å². The smallest absolute Gasteiger partial charge is 0.262 e. The molecule has 2 aromatic carbocycles. The summed E-state index contributed by atoms with van der Waals surface area (Å²) in [5, 5.41) is 21.9. The van der Waals surface area contributed by atoms with E-state index in [-0.39, 0.29) is 5.56 Å². The van der Waals surface area contributed by atoms with Gasteiger partial charge in [0, 0.05) is 6.07 Å². The molecule has 0 aliphatic carbocycles. The molecule has 0 unspecified atom stereocenters. The first-order valence-corrected chi connectivity index (χ1v) is 5.91. The predicted octanol–water partition coefficient (Wildman–Crippen LogP) is 2.70. The monoisotopic (exact) mass is 286 g/mol. The quantitative estimate of drug-likeness (QED) is 0.374. The summed E-state index contributed by atoms with van der Waals surface area (Å²) in [6.07, 6.45) is 2.39. The van der Waals surface area contributed by atoms with Crippen molar-refractivity contribution in [2.75, 3.05) is 0 Å². The van der Waals surface area contributed by atoms with E-state index in [0.717, 1.165) is 24.3 Å². The van der Waals surface area contributed by atoms with Gasteiger partial charge in [-0.05, 0) is 29.5 Å². The Labute approximate surface area is 119 Å². The Morgan fingerprint density at radius 3 is 2.57 bits per heavy atom. The first-order chi connectivity index (χ1) is 9.99. The lowest BCUT2D eigenvalue weighted by atomic mass is 10.1. The molecule has 0 aliphatic heterocycles. The van der Waals surface area contributed by atoms with Gasteiger partial charge in [0.1, 0.15) is 5.82 Å². The Kier molecular flexibility index (Phi) is 4.08. The number of nitro groups is 1. The highest BCUT2D eigenvalue weighted by Gasteiger charge is 2.09. The molecule has 0 saturated heterocycles. The Hall–Kier alpha value is -3.02. The minimum absolute atomic E-state index is 0.0938. The van der Waals surface area contributed by atoms with Crippen LogP contribution in [0.25, 0.3) is 6.08 Å². The Morgan fingerprint density at radius 1 is 1.19 bits per heavy atom. The number of nitrogens with zero attached hydrogens (tertiary/aromatic N) is 1. The third kappa shape index (κ3) is 3.30. The van der Waals surface area contributed by atoms with Crippen molar-refractivity contribution in [1.29, 1.82) is 0 Å². The molecule has 2 rings (SSSR count). The van der Waals surface area contributed by atoms with Crippen molar-refractivity contribution in [3.63, 3.8) is 0 Å². The van der Waals surface area contributed by atoms with Crippen LogP contribution in [0, 0.1) is 15.9 Å². The lowest BCUT2D eigenvalue weighted by Crippen LogP contribution is -1.99. The van der Waals surface area contributed by atoms with Gasteiger partial charge in [0.2, 0.25) is 0 Å². The maximum Gasteiger partial charge on any atom is 0.262 e. The molecule has 0 radical (unpaired) electrons. The molecule has 0 spiro atoms. The summed E-state index contributed by atoms with van der Waals surface area (Å²) < 4.78 is 13.4. The SMILES string of the molecule is O=C(/C=C/c1ccc([O-])c([N+](=O)[O-])c1)c1ccccc1F. The number of rotatable bonds is 4. The summed E-state index contributed by atoms with van der Waals surface area (Å²) in [5.41, 5.74) is -0.356. The van der Waals surface area contributed by atoms with Crippen LogP contribution in [0.2, 0.25) is 0 Å². The summed E-state index contributed by atoms with van der Waals surface area (Å²) >= 11 is 0. The molecule has 0 amide bonds. The molecule has 0 N–H and O–H groups in total. The van der Waals surface area contributed by atoms with Crippen LogP contribution in [0.5, 0.6) is 5.75 Å². The zero-order valence-electron chi connectivity index (χ0n) is 10.7. The average Bonchev–Trinajstić information content (AvgIpc) is 2.46. The van der Waals surface area contributed by atoms with Gasteiger partial charge in [-0.25, -0.2) is 4.39 Å². The second-order valence-electron chi connectivity index (χ2n) is 4.16. The van der Waals surface area contributed by atoms with Gasteiger partial charge in [0.25, 0.3) is 5.69 Å². The minimum atomic E-state index is -0.793. The molecule has 106 valence electrons. The van der Waals surface area contributed by atoms with Crippen molar-refractivity contribution >= 4 is 17.5 Å². The summed E-state index contributed by atoms with van der Waals surface area (Å²) in [6, 6.07) is 8.95. The number of ketones is 1. The molecule has 5 nitrogen and oxygen atoms in total. The van der Waals surface area contributed by atoms with Crippen molar-refractivity contribution in [1.82, 2.24) is 0 Å². The lowest BCUT2D eigenvalue weighted by molar-refractivity contribution is -0.398. The number of halogens is 1. The van der Waals surface area contributed by atoms with E-state index in [2.05, 4.69) is 0 Å². The molecule has 21 heavy (non-hydrogen) atoms. The molecule has 0 atom stereocenters. The summed E-state index contributed by atoms with van der Waals surface area (Å²) in [5.74, 6) is -1.92. The molecule has 0 bridgehead atoms. The lowest BCUT2D eigenvalue weighted by Gasteiger charge is -2.06. The van der Waals surface area contributed by atoms with Crippen LogP contribution in [0.1, 0.15) is 15.9 Å². The van der Waals surface area contributed by atoms with Crippen LogP contribution >= 0.6 is 0 Å². The summed E-state index contributed by atoms with van der Waals surface area (Å²) in [4.78, 5) is 21.7. The zero-order valence-corrected chi connectivity index (χ0v) is 10.7. The Morgan fingerprint density at radius 2 is 1.90 bits per heavy atom. The van der Waals surface area contributed by atoms with Gasteiger partial charge in [-0.1, -0.05) is 30.3 Å². The molecule has 0 heterocycles. The van der Waals surface area contributed by atoms with E-state index >= 15 is 0 Å². The fourth-order valence-corrected chi connectivity index (χ4v) is 1.70. The normalized spacial score (nSPS) is 10.7. The number of nitro benzene ring substituents is 1. The zero-order chi connectivity index (χ0) is 15.4. The van der Waals surface area contributed by atoms with E-state index in [4.69, 9.17) is 0 Å². The third-order valence-electron chi connectivity index (χ3n) is 2.75. The molecular weight excluding hydrogens is 277 g/mol. The molecule has 0 aromatic heterocycles. The number of allylic oxidation sites excluding steroid dienone is 1. The van der Waals surface area contributed by atoms with Crippen LogP contribution in [-0.4, -0.2) is 10.7 Å². The van der Waals surface area contributed by atoms with Crippen LogP contribution < -0.4 is 5.11 Å². The maximum absolute atomic E-state index is 13.4. The van der Waals surface area contributed by atoms with E-state index in [1.165, 1.54) is 30.3 Å². The second kappa shape index (κ2) is 5.96. The van der Waals surface area contributed by atoms with Crippen molar-refractivity contribution in [3.05, 3.63) is 75.6 Å². The van der Waals surface area contributed by atoms with Gasteiger partial charge < -0.3 is 5.11 Å². The van der Waals surface area contributed by atoms with Crippen molar-refractivity contribution < 1.29 is 19.2 Å². The number of hydrogen-bond donors (Lipinski definition) is 0. The highest BCUT2D eigenvalue weighted by atomic mass is 19.1. The first-order valence-electron chi connectivity index (χ1n) is 5.91. The number of carbonyl (C=O) groups excluding carboxylic acids is 1. The summed E-state index contributed by atoms with van der Waals surface area (Å²) in [6.45, 7) is 0. The number of benzene rings is 2. The van der Waals surface area contributed by atoms with Crippen molar-refractivity contribution in [2.45, 2.75) is 0 Å². The first kappa shape index (κ1) is 14.4. The standard InChI is InChI=1S/C15H10FNO4/c16-12-4-2-1-3-11(12)14(18)7-5-10-6-8-15(19)13(9-10)17(20)21/h1-9,19H/p-1/b7-5+. The van der Waals surface area contributed by atoms with Crippen molar-refractivity contribution in [3.8, 4) is 5.75 Å². The number of carbonyl (C=O) groups is 1. The average molecular weight is 286 g/mol. The summed E-state index contributed by atoms with van der Waals surface area (Å²) in [7, 11) is 0. The predicted molar refractivity (Wildman–Crippen MR) is 72.3 cm³/mol. The fraction of sp³-hybridized carbons (Fsp3) is 0. The van der Waals surface area contributed by atoms with E-state index in [9.17, 15) is 24.4 Å². The largest absolute Gasteiger partial charge is 0.868 e. The maximum atomic E-state index is 13.4. The highest BCUT2D eigenvalue weighted by Crippen LogP contribution is 2.24. The number of hydrogen-bond acceptors (Lipinski definition) is 4. The van der Waals surface area contributed by atoms with Gasteiger partial charge in [-0.2, -0.15) is 0 Å². The third-order valence-corrected chi connectivity index (χ3v) is 2.75. The second-order valence-corrected chi connectivity index (χ2v) is 4.16. The molecule has 0 aliphatic rings. The van der Waals surface area contributed by atoms with Gasteiger partial charge in [0.05, 0.1) is 10.5 Å². The van der Waals surface area contributed by atoms with Gasteiger partial charge in [0.15, 0.2) is 5.78 Å². The van der Waals surface area contributed by atoms with E-state index < -0.39 is 28.0 Å². The molecular formula is C15H9FNO4-. The van der Waals surface area contributed by atoms with Crippen LogP contribution in [0.15, 0.2) is 48.5 Å². The molecule has 0 fully saturated rings. The van der Waals surface area contributed by atoms with E-state index in [1.54, 1.807) is 0 Å². The Bertz CT molecular complexity index is 740. The minimum Gasteiger partial charge on any atom is -0.868 e.